The second-order valence-electron chi connectivity index (χ2n) is 7.41. The fourth-order valence-corrected chi connectivity index (χ4v) is 5.11. The summed E-state index contributed by atoms with van der Waals surface area (Å²) in [5.41, 5.74) is 6.91. The first-order valence-corrected chi connectivity index (χ1v) is 9.83. The van der Waals surface area contributed by atoms with Gasteiger partial charge in [0.15, 0.2) is 0 Å². The van der Waals surface area contributed by atoms with Gasteiger partial charge in [-0.1, -0.05) is 66.2 Å². The molecule has 0 aromatic heterocycles. The lowest BCUT2D eigenvalue weighted by molar-refractivity contribution is 0.436. The van der Waals surface area contributed by atoms with Gasteiger partial charge in [0.05, 0.1) is 17.0 Å². The van der Waals surface area contributed by atoms with Gasteiger partial charge in [0.25, 0.3) is 0 Å². The van der Waals surface area contributed by atoms with Crippen molar-refractivity contribution >= 4 is 11.6 Å². The molecule has 1 spiro atoms. The molecule has 0 unspecified atom stereocenters. The van der Waals surface area contributed by atoms with Gasteiger partial charge in [-0.2, -0.15) is 5.26 Å². The molecule has 0 N–H and O–H groups in total. The molecule has 0 radical (unpaired) electrons. The highest BCUT2D eigenvalue weighted by Gasteiger charge is 2.51. The molecule has 1 heterocycles. The van der Waals surface area contributed by atoms with E-state index >= 15 is 0 Å². The van der Waals surface area contributed by atoms with E-state index in [2.05, 4.69) is 60.7 Å². The maximum atomic E-state index is 9.58. The largest absolute Gasteiger partial charge is 0.457 e. The molecule has 6 rings (SSSR count). The van der Waals surface area contributed by atoms with E-state index < -0.39 is 5.41 Å². The van der Waals surface area contributed by atoms with Crippen molar-refractivity contribution in [1.29, 1.82) is 5.26 Å². The first-order valence-electron chi connectivity index (χ1n) is 9.45. The summed E-state index contributed by atoms with van der Waals surface area (Å²) in [5, 5.41) is 10.2. The summed E-state index contributed by atoms with van der Waals surface area (Å²) in [5.74, 6) is 1.51. The third-order valence-electron chi connectivity index (χ3n) is 6.03. The zero-order valence-corrected chi connectivity index (χ0v) is 16.1. The van der Waals surface area contributed by atoms with Crippen molar-refractivity contribution < 1.29 is 4.74 Å². The highest BCUT2D eigenvalue weighted by Crippen LogP contribution is 2.62. The molecule has 4 aromatic rings. The van der Waals surface area contributed by atoms with Crippen LogP contribution in [0.15, 0.2) is 84.9 Å². The van der Waals surface area contributed by atoms with E-state index in [1.54, 1.807) is 6.07 Å². The summed E-state index contributed by atoms with van der Waals surface area (Å²) in [6.45, 7) is 0. The van der Waals surface area contributed by atoms with Crippen LogP contribution >= 0.6 is 11.6 Å². The minimum absolute atomic E-state index is 0.548. The first kappa shape index (κ1) is 16.4. The van der Waals surface area contributed by atoms with Crippen LogP contribution in [0.1, 0.15) is 27.8 Å². The van der Waals surface area contributed by atoms with Crippen LogP contribution in [0.5, 0.6) is 11.5 Å². The molecule has 2 nitrogen and oxygen atoms in total. The third kappa shape index (κ3) is 2.00. The molecule has 4 aromatic carbocycles. The fourth-order valence-electron chi connectivity index (χ4n) is 4.95. The van der Waals surface area contributed by atoms with Crippen molar-refractivity contribution in [1.82, 2.24) is 0 Å². The van der Waals surface area contributed by atoms with Crippen LogP contribution in [0.3, 0.4) is 0 Å². The second-order valence-corrected chi connectivity index (χ2v) is 7.84. The number of nitriles is 1. The number of halogens is 1. The van der Waals surface area contributed by atoms with Crippen LogP contribution in [0.25, 0.3) is 11.1 Å². The number of rotatable bonds is 0. The predicted octanol–water partition coefficient (Wildman–Crippen LogP) is 6.68. The highest BCUT2D eigenvalue weighted by molar-refractivity contribution is 6.30. The molecule has 0 amide bonds. The molecule has 3 heteroatoms. The normalized spacial score (nSPS) is 14.2. The van der Waals surface area contributed by atoms with Gasteiger partial charge >= 0.3 is 0 Å². The summed E-state index contributed by atoms with van der Waals surface area (Å²) in [4.78, 5) is 0. The van der Waals surface area contributed by atoms with E-state index in [0.717, 1.165) is 22.6 Å². The van der Waals surface area contributed by atoms with Gasteiger partial charge in [-0.05, 0) is 52.6 Å². The average Bonchev–Trinajstić information content (AvgIpc) is 3.05. The van der Waals surface area contributed by atoms with E-state index in [-0.39, 0.29) is 0 Å². The van der Waals surface area contributed by atoms with Crippen LogP contribution in [-0.2, 0) is 5.41 Å². The number of hydrogen-bond acceptors (Lipinski definition) is 2. The number of benzene rings is 4. The van der Waals surface area contributed by atoms with Crippen LogP contribution in [0.2, 0.25) is 5.02 Å². The predicted molar refractivity (Wildman–Crippen MR) is 114 cm³/mol. The Labute approximate surface area is 173 Å². The minimum Gasteiger partial charge on any atom is -0.457 e. The Hall–Kier alpha value is -3.54. The molecule has 29 heavy (non-hydrogen) atoms. The molecular weight excluding hydrogens is 378 g/mol. The Bertz CT molecular complexity index is 1320. The van der Waals surface area contributed by atoms with Gasteiger partial charge in [-0.25, -0.2) is 0 Å². The number of ether oxygens (including phenoxy) is 1. The number of nitrogens with zero attached hydrogens (tertiary/aromatic N) is 1. The van der Waals surface area contributed by atoms with Gasteiger partial charge in [0.2, 0.25) is 0 Å². The maximum Gasteiger partial charge on any atom is 0.133 e. The van der Waals surface area contributed by atoms with Crippen LogP contribution in [0.4, 0.5) is 0 Å². The molecule has 0 saturated carbocycles. The zero-order valence-electron chi connectivity index (χ0n) is 15.3. The van der Waals surface area contributed by atoms with E-state index in [9.17, 15) is 5.26 Å². The number of fused-ring (bicyclic) bond motifs is 9. The van der Waals surface area contributed by atoms with Crippen LogP contribution in [0, 0.1) is 11.3 Å². The van der Waals surface area contributed by atoms with E-state index in [4.69, 9.17) is 16.3 Å². The molecule has 0 atom stereocenters. The quantitative estimate of drug-likeness (QED) is 0.289. The van der Waals surface area contributed by atoms with Gasteiger partial charge in [0.1, 0.15) is 11.5 Å². The Morgan fingerprint density at radius 2 is 1.38 bits per heavy atom. The summed E-state index contributed by atoms with van der Waals surface area (Å²) in [6, 6.07) is 30.8. The molecule has 1 aliphatic carbocycles. The SMILES string of the molecule is N#Cc1ccc2c(c1)C1(c3ccc(Cl)cc3O2)c2ccccc2-c2ccccc21. The lowest BCUT2D eigenvalue weighted by Crippen LogP contribution is -2.32. The van der Waals surface area contributed by atoms with E-state index in [0.29, 0.717) is 10.6 Å². The highest BCUT2D eigenvalue weighted by atomic mass is 35.5. The van der Waals surface area contributed by atoms with E-state index in [1.165, 1.54) is 22.3 Å². The molecule has 2 aliphatic rings. The fraction of sp³-hybridized carbons (Fsp3) is 0.0385. The number of hydrogen-bond donors (Lipinski definition) is 0. The lowest BCUT2D eigenvalue weighted by Gasteiger charge is -2.39. The monoisotopic (exact) mass is 391 g/mol. The molecule has 136 valence electrons. The first-order chi connectivity index (χ1) is 14.2. The van der Waals surface area contributed by atoms with Gasteiger partial charge in [-0.15, -0.1) is 0 Å². The molecule has 0 saturated heterocycles. The van der Waals surface area contributed by atoms with Crippen molar-refractivity contribution in [3.05, 3.63) is 118 Å². The Morgan fingerprint density at radius 3 is 2.07 bits per heavy atom. The molecule has 0 fully saturated rings. The van der Waals surface area contributed by atoms with Crippen molar-refractivity contribution in [2.75, 3.05) is 0 Å². The second kappa shape index (κ2) is 5.73. The summed E-state index contributed by atoms with van der Waals surface area (Å²) in [6.07, 6.45) is 0. The summed E-state index contributed by atoms with van der Waals surface area (Å²) >= 11 is 6.32. The topological polar surface area (TPSA) is 33.0 Å². The Morgan fingerprint density at radius 1 is 0.690 bits per heavy atom. The van der Waals surface area contributed by atoms with Crippen molar-refractivity contribution in [3.8, 4) is 28.7 Å². The lowest BCUT2D eigenvalue weighted by atomic mass is 9.66. The summed E-state index contributed by atoms with van der Waals surface area (Å²) in [7, 11) is 0. The smallest absolute Gasteiger partial charge is 0.133 e. The van der Waals surface area contributed by atoms with Crippen molar-refractivity contribution in [2.45, 2.75) is 5.41 Å². The standard InChI is InChI=1S/C26H14ClNO/c27-17-10-11-22-25(14-17)29-24-12-9-16(15-28)13-23(24)26(22)20-7-3-1-5-18(20)19-6-2-4-8-21(19)26/h1-14H. The van der Waals surface area contributed by atoms with Crippen molar-refractivity contribution in [2.24, 2.45) is 0 Å². The van der Waals surface area contributed by atoms with Gasteiger partial charge in [0, 0.05) is 16.1 Å². The molecule has 0 bridgehead atoms. The van der Waals surface area contributed by atoms with Crippen LogP contribution in [-0.4, -0.2) is 0 Å². The van der Waals surface area contributed by atoms with E-state index in [1.807, 2.05) is 24.3 Å². The average molecular weight is 392 g/mol. The minimum atomic E-state index is -0.548. The van der Waals surface area contributed by atoms with Crippen LogP contribution < -0.4 is 4.74 Å². The zero-order chi connectivity index (χ0) is 19.6. The Kier molecular flexibility index (Phi) is 3.25. The van der Waals surface area contributed by atoms with Gasteiger partial charge in [-0.3, -0.25) is 0 Å². The maximum absolute atomic E-state index is 9.58. The summed E-state index contributed by atoms with van der Waals surface area (Å²) < 4.78 is 6.28. The third-order valence-corrected chi connectivity index (χ3v) is 6.27. The van der Waals surface area contributed by atoms with Crippen molar-refractivity contribution in [3.63, 3.8) is 0 Å². The Balaban J connectivity index is 1.85. The molecular formula is C26H14ClNO. The van der Waals surface area contributed by atoms with Gasteiger partial charge < -0.3 is 4.74 Å². The molecule has 1 aliphatic heterocycles.